The maximum atomic E-state index is 11.4. The molecule has 0 aromatic carbocycles. The molecule has 1 heterocycles. The Balaban J connectivity index is 2.75. The fraction of sp³-hybridized carbons (Fsp3) is 0.500. The second-order valence-electron chi connectivity index (χ2n) is 5.13. The van der Waals surface area contributed by atoms with E-state index in [0.717, 1.165) is 7.11 Å². The number of carboxylic acid groups (broad SMARTS) is 1. The van der Waals surface area contributed by atoms with Gasteiger partial charge in [0.2, 0.25) is 11.7 Å². The summed E-state index contributed by atoms with van der Waals surface area (Å²) in [6, 6.07) is 0. The van der Waals surface area contributed by atoms with Crippen molar-refractivity contribution in [3.63, 3.8) is 0 Å². The summed E-state index contributed by atoms with van der Waals surface area (Å²) < 4.78 is 13.0. The first-order valence-electron chi connectivity index (χ1n) is 6.44. The molecule has 1 aromatic heterocycles. The Morgan fingerprint density at radius 1 is 1.33 bits per heavy atom. The van der Waals surface area contributed by atoms with Gasteiger partial charge in [0.05, 0.1) is 13.1 Å². The van der Waals surface area contributed by atoms with Crippen LogP contribution >= 0.6 is 11.5 Å². The van der Waals surface area contributed by atoms with Crippen LogP contribution in [-0.2, 0) is 23.9 Å². The van der Waals surface area contributed by atoms with Gasteiger partial charge in [-0.2, -0.15) is 9.36 Å². The Morgan fingerprint density at radius 3 is 2.54 bits per heavy atom. The minimum absolute atomic E-state index is 0.0158. The number of rotatable bonds is 6. The molecule has 0 radical (unpaired) electrons. The first kappa shape index (κ1) is 19.3. The third-order valence-corrected chi connectivity index (χ3v) is 2.61. The molecule has 1 aromatic rings. The number of nitrogens with zero attached hydrogens (tertiary/aromatic N) is 3. The van der Waals surface area contributed by atoms with Gasteiger partial charge in [-0.25, -0.2) is 9.59 Å². The van der Waals surface area contributed by atoms with Crippen molar-refractivity contribution in [1.82, 2.24) is 9.36 Å². The molecule has 24 heavy (non-hydrogen) atoms. The van der Waals surface area contributed by atoms with E-state index in [1.807, 2.05) is 0 Å². The lowest BCUT2D eigenvalue weighted by atomic mass is 10.2. The molecule has 1 amide bonds. The molecule has 0 aliphatic heterocycles. The van der Waals surface area contributed by atoms with E-state index in [1.165, 1.54) is 0 Å². The van der Waals surface area contributed by atoms with Crippen LogP contribution in [0.3, 0.4) is 0 Å². The van der Waals surface area contributed by atoms with Crippen molar-refractivity contribution >= 4 is 40.4 Å². The van der Waals surface area contributed by atoms with Crippen molar-refractivity contribution in [3.05, 3.63) is 5.82 Å². The number of carboxylic acids is 1. The third-order valence-electron chi connectivity index (χ3n) is 1.98. The predicted octanol–water partition coefficient (Wildman–Crippen LogP) is -0.471. The van der Waals surface area contributed by atoms with Crippen molar-refractivity contribution in [1.29, 1.82) is 0 Å². The van der Waals surface area contributed by atoms with Gasteiger partial charge in [-0.1, -0.05) is 5.16 Å². The number of methoxy groups -OCH3 is 1. The Kier molecular flexibility index (Phi) is 6.58. The van der Waals surface area contributed by atoms with Crippen LogP contribution < -0.4 is 10.4 Å². The normalized spacial score (nSPS) is 11.6. The summed E-state index contributed by atoms with van der Waals surface area (Å²) in [6.45, 7) is 4.38. The minimum atomic E-state index is -1.72. The van der Waals surface area contributed by atoms with E-state index in [4.69, 9.17) is 4.74 Å². The number of amides is 1. The highest BCUT2D eigenvalue weighted by Crippen LogP contribution is 2.12. The van der Waals surface area contributed by atoms with Crippen LogP contribution in [0.25, 0.3) is 0 Å². The Bertz CT molecular complexity index is 650. The largest absolute Gasteiger partial charge is 0.543 e. The van der Waals surface area contributed by atoms with Gasteiger partial charge >= 0.3 is 12.1 Å². The van der Waals surface area contributed by atoms with Crippen molar-refractivity contribution in [3.8, 4) is 0 Å². The van der Waals surface area contributed by atoms with Gasteiger partial charge in [0.1, 0.15) is 5.60 Å². The van der Waals surface area contributed by atoms with Crippen molar-refractivity contribution in [2.24, 2.45) is 5.16 Å². The highest BCUT2D eigenvalue weighted by molar-refractivity contribution is 7.10. The van der Waals surface area contributed by atoms with Crippen LogP contribution in [-0.4, -0.2) is 52.4 Å². The molecule has 11 nitrogen and oxygen atoms in total. The molecular formula is C12H15N4O7S-. The molecule has 0 unspecified atom stereocenters. The number of oxime groups is 1. The molecule has 1 rings (SSSR count). The van der Waals surface area contributed by atoms with Gasteiger partial charge in [0.15, 0.2) is 11.5 Å². The number of aliphatic carboxylic acids is 1. The molecule has 0 saturated heterocycles. The number of carbonyl (C=O) groups excluding carboxylic acids is 3. The lowest BCUT2D eigenvalue weighted by molar-refractivity contribution is -0.294. The van der Waals surface area contributed by atoms with E-state index >= 15 is 0 Å². The highest BCUT2D eigenvalue weighted by atomic mass is 32.1. The fourth-order valence-electron chi connectivity index (χ4n) is 1.20. The zero-order valence-electron chi connectivity index (χ0n) is 13.3. The number of ether oxygens (including phenoxy) is 2. The van der Waals surface area contributed by atoms with Crippen LogP contribution in [0.5, 0.6) is 0 Å². The number of aromatic nitrogens is 2. The van der Waals surface area contributed by atoms with Crippen LogP contribution in [0.15, 0.2) is 5.16 Å². The molecule has 0 atom stereocenters. The Hall–Kier alpha value is -2.76. The van der Waals surface area contributed by atoms with Crippen LogP contribution in [0.1, 0.15) is 26.6 Å². The molecule has 132 valence electrons. The van der Waals surface area contributed by atoms with E-state index < -0.39 is 36.0 Å². The molecule has 0 fully saturated rings. The van der Waals surface area contributed by atoms with Gasteiger partial charge in [0.25, 0.3) is 0 Å². The van der Waals surface area contributed by atoms with Gasteiger partial charge in [-0.3, -0.25) is 5.32 Å². The molecule has 1 N–H and O–H groups in total. The second kappa shape index (κ2) is 8.19. The third kappa shape index (κ3) is 6.56. The topological polar surface area (TPSA) is 152 Å². The van der Waals surface area contributed by atoms with Crippen LogP contribution in [0.4, 0.5) is 9.93 Å². The molecule has 0 bridgehead atoms. The van der Waals surface area contributed by atoms with Gasteiger partial charge in [-0.05, 0) is 20.8 Å². The maximum absolute atomic E-state index is 11.4. The van der Waals surface area contributed by atoms with Crippen LogP contribution in [0.2, 0.25) is 0 Å². The first-order chi connectivity index (χ1) is 11.1. The number of anilines is 1. The Labute approximate surface area is 140 Å². The van der Waals surface area contributed by atoms with Gasteiger partial charge < -0.3 is 24.2 Å². The predicted molar refractivity (Wildman–Crippen MR) is 79.3 cm³/mol. The zero-order chi connectivity index (χ0) is 18.3. The van der Waals surface area contributed by atoms with E-state index in [-0.39, 0.29) is 11.0 Å². The molecule has 12 heteroatoms. The quantitative estimate of drug-likeness (QED) is 0.403. The summed E-state index contributed by atoms with van der Waals surface area (Å²) in [4.78, 5) is 41.9. The molecule has 0 spiro atoms. The lowest BCUT2D eigenvalue weighted by Crippen LogP contribution is -2.33. The highest BCUT2D eigenvalue weighted by Gasteiger charge is 2.18. The fourth-order valence-corrected chi connectivity index (χ4v) is 1.76. The van der Waals surface area contributed by atoms with Gasteiger partial charge in [-0.15, -0.1) is 0 Å². The van der Waals surface area contributed by atoms with E-state index in [2.05, 4.69) is 29.4 Å². The second-order valence-corrected chi connectivity index (χ2v) is 5.88. The molecule has 0 aliphatic carbocycles. The lowest BCUT2D eigenvalue weighted by Gasteiger charge is -2.18. The summed E-state index contributed by atoms with van der Waals surface area (Å²) in [5.41, 5.74) is -1.46. The Morgan fingerprint density at radius 2 is 2.00 bits per heavy atom. The molecule has 0 aliphatic rings. The summed E-state index contributed by atoms with van der Waals surface area (Å²) in [6.07, 6.45) is -0.800. The average Bonchev–Trinajstić information content (AvgIpc) is 2.89. The number of esters is 1. The van der Waals surface area contributed by atoms with E-state index in [1.54, 1.807) is 20.8 Å². The summed E-state index contributed by atoms with van der Waals surface area (Å²) in [5.74, 6) is -2.81. The SMILES string of the molecule is COC(=O)Nc1nc(/C(=N/OCC(=O)OC(C)(C)C)C(=O)[O-])ns1. The van der Waals surface area contributed by atoms with E-state index in [0.29, 0.717) is 11.5 Å². The molecule has 0 saturated carbocycles. The van der Waals surface area contributed by atoms with E-state index in [9.17, 15) is 19.5 Å². The molecular weight excluding hydrogens is 344 g/mol. The zero-order valence-corrected chi connectivity index (χ0v) is 14.1. The first-order valence-corrected chi connectivity index (χ1v) is 7.22. The van der Waals surface area contributed by atoms with Crippen LogP contribution in [0, 0.1) is 0 Å². The number of nitrogens with one attached hydrogen (secondary N) is 1. The summed E-state index contributed by atoms with van der Waals surface area (Å²) in [5, 5.41) is 16.5. The van der Waals surface area contributed by atoms with Crippen molar-refractivity contribution in [2.75, 3.05) is 19.0 Å². The van der Waals surface area contributed by atoms with Crippen molar-refractivity contribution < 1.29 is 33.8 Å². The average molecular weight is 359 g/mol. The smallest absolute Gasteiger partial charge is 0.413 e. The number of hydrogen-bond donors (Lipinski definition) is 1. The maximum Gasteiger partial charge on any atom is 0.413 e. The monoisotopic (exact) mass is 359 g/mol. The minimum Gasteiger partial charge on any atom is -0.543 e. The number of hydrogen-bond acceptors (Lipinski definition) is 11. The van der Waals surface area contributed by atoms with Crippen molar-refractivity contribution in [2.45, 2.75) is 26.4 Å². The number of carbonyl (C=O) groups is 3. The van der Waals surface area contributed by atoms with Gasteiger partial charge in [0, 0.05) is 11.5 Å². The standard InChI is InChI=1S/C12H16N4O7S/c1-12(2,3)23-6(17)5-22-15-7(9(18)19)8-13-10(24-16-8)14-11(20)21-4/h5H2,1-4H3,(H,18,19)(H,13,14,16,20)/p-1/b15-7-. The summed E-state index contributed by atoms with van der Waals surface area (Å²) >= 11 is 0.694. The summed E-state index contributed by atoms with van der Waals surface area (Å²) in [7, 11) is 1.15.